The van der Waals surface area contributed by atoms with Gasteiger partial charge in [-0.2, -0.15) is 0 Å². The number of nitrogens with one attached hydrogen (secondary N) is 1. The molecule has 0 fully saturated rings. The number of aryl methyl sites for hydroxylation is 1. The van der Waals surface area contributed by atoms with Crippen molar-refractivity contribution in [2.24, 2.45) is 0 Å². The van der Waals surface area contributed by atoms with Crippen LogP contribution in [0.1, 0.15) is 57.0 Å². The second-order valence-electron chi connectivity index (χ2n) is 7.65. The predicted molar refractivity (Wildman–Crippen MR) is 146 cm³/mol. The largest absolute Gasteiger partial charge is 0.508 e. The maximum Gasteiger partial charge on any atom is 0.225 e. The predicted octanol–water partition coefficient (Wildman–Crippen LogP) is 7.58. The van der Waals surface area contributed by atoms with Crippen LogP contribution >= 0.6 is 11.6 Å². The molecule has 0 bridgehead atoms. The van der Waals surface area contributed by atoms with Crippen LogP contribution in [0.15, 0.2) is 77.9 Å². The molecule has 184 valence electrons. The summed E-state index contributed by atoms with van der Waals surface area (Å²) in [5, 5.41) is 13.2. The second kappa shape index (κ2) is 14.7. The van der Waals surface area contributed by atoms with Gasteiger partial charge in [0.05, 0.1) is 17.1 Å². The Morgan fingerprint density at radius 2 is 1.74 bits per heavy atom. The first-order valence-electron chi connectivity index (χ1n) is 12.0. The van der Waals surface area contributed by atoms with Crippen LogP contribution in [0.4, 0.5) is 5.82 Å². The number of phenols is 1. The molecule has 1 heterocycles. The summed E-state index contributed by atoms with van der Waals surface area (Å²) in [4.78, 5) is 22.1. The maximum atomic E-state index is 12.6. The first-order valence-corrected chi connectivity index (χ1v) is 12.4. The number of carbonyl (C=O) groups is 1. The van der Waals surface area contributed by atoms with E-state index in [1.54, 1.807) is 24.3 Å². The lowest BCUT2D eigenvalue weighted by Gasteiger charge is -2.14. The number of amides is 1. The minimum Gasteiger partial charge on any atom is -0.508 e. The van der Waals surface area contributed by atoms with Crippen LogP contribution in [0.2, 0.25) is 0 Å². The summed E-state index contributed by atoms with van der Waals surface area (Å²) in [6, 6.07) is 16.8. The van der Waals surface area contributed by atoms with Gasteiger partial charge in [-0.25, -0.2) is 9.97 Å². The van der Waals surface area contributed by atoms with E-state index in [1.807, 2.05) is 76.3 Å². The number of halogens is 1. The highest BCUT2D eigenvalue weighted by molar-refractivity contribution is 6.31. The minimum absolute atomic E-state index is 0.129. The van der Waals surface area contributed by atoms with Gasteiger partial charge in [0.2, 0.25) is 5.91 Å². The quantitative estimate of drug-likeness (QED) is 0.302. The van der Waals surface area contributed by atoms with Crippen LogP contribution in [0.5, 0.6) is 5.75 Å². The van der Waals surface area contributed by atoms with Gasteiger partial charge >= 0.3 is 0 Å². The van der Waals surface area contributed by atoms with E-state index in [0.29, 0.717) is 41.5 Å². The highest BCUT2D eigenvalue weighted by Gasteiger charge is 2.15. The van der Waals surface area contributed by atoms with Crippen molar-refractivity contribution in [3.05, 3.63) is 94.8 Å². The number of carbonyl (C=O) groups excluding carboxylic acids is 1. The number of anilines is 1. The third-order valence-electron chi connectivity index (χ3n) is 4.97. The molecule has 0 aliphatic carbocycles. The van der Waals surface area contributed by atoms with E-state index in [2.05, 4.69) is 10.3 Å². The lowest BCUT2D eigenvalue weighted by atomic mass is 10.1. The number of nitrogens with zero attached hydrogens (tertiary/aromatic N) is 2. The summed E-state index contributed by atoms with van der Waals surface area (Å²) in [7, 11) is 0. The van der Waals surface area contributed by atoms with Crippen molar-refractivity contribution in [3.63, 3.8) is 0 Å². The molecule has 1 amide bonds. The molecule has 0 aliphatic rings. The van der Waals surface area contributed by atoms with E-state index in [1.165, 1.54) is 0 Å². The molecule has 6 heteroatoms. The number of rotatable bonds is 9. The lowest BCUT2D eigenvalue weighted by molar-refractivity contribution is -0.116. The minimum atomic E-state index is -0.129. The summed E-state index contributed by atoms with van der Waals surface area (Å²) < 4.78 is 0. The molecule has 2 N–H and O–H groups in total. The first-order chi connectivity index (χ1) is 17.0. The molecule has 0 spiro atoms. The molecular weight excluding hydrogens is 458 g/mol. The fourth-order valence-corrected chi connectivity index (χ4v) is 3.57. The number of aromatic nitrogens is 2. The van der Waals surface area contributed by atoms with E-state index in [9.17, 15) is 9.90 Å². The lowest BCUT2D eigenvalue weighted by Crippen LogP contribution is -2.16. The zero-order chi connectivity index (χ0) is 25.6. The summed E-state index contributed by atoms with van der Waals surface area (Å²) >= 11 is 6.06. The van der Waals surface area contributed by atoms with Crippen LogP contribution in [-0.2, 0) is 11.2 Å². The fraction of sp³-hybridized carbons (Fsp3) is 0.276. The summed E-state index contributed by atoms with van der Waals surface area (Å²) in [5.41, 5.74) is 4.03. The molecule has 5 nitrogen and oxygen atoms in total. The molecule has 0 radical (unpaired) electrons. The van der Waals surface area contributed by atoms with Crippen LogP contribution in [0, 0.1) is 6.92 Å². The molecule has 0 unspecified atom stereocenters. The van der Waals surface area contributed by atoms with Gasteiger partial charge in [0.15, 0.2) is 5.82 Å². The molecule has 0 saturated carbocycles. The highest BCUT2D eigenvalue weighted by Crippen LogP contribution is 2.26. The smallest absolute Gasteiger partial charge is 0.225 e. The fourth-order valence-electron chi connectivity index (χ4n) is 3.33. The zero-order valence-corrected chi connectivity index (χ0v) is 21.6. The van der Waals surface area contributed by atoms with Crippen molar-refractivity contribution in [3.8, 4) is 17.0 Å². The van der Waals surface area contributed by atoms with Crippen LogP contribution in [0.25, 0.3) is 11.3 Å². The standard InChI is InChI=1S/C27H28ClN3O2.C2H6/c1-3-9-22(28)12-7-8-13-25(33)31-27-24(18-20-10-5-4-6-11-20)30-26(19(2)29-27)21-14-16-23(32)17-15-21;1-2/h4-7,9-12,14-17,32H,3,8,13,18H2,1-2H3,(H,29,31,33);1-2H3/b12-7-,22-9+;. The average molecular weight is 492 g/mol. The van der Waals surface area contributed by atoms with Crippen LogP contribution in [-0.4, -0.2) is 21.0 Å². The molecule has 1 aromatic heterocycles. The van der Waals surface area contributed by atoms with E-state index in [-0.39, 0.29) is 11.7 Å². The van der Waals surface area contributed by atoms with Gasteiger partial charge in [-0.15, -0.1) is 0 Å². The molecule has 0 saturated heterocycles. The zero-order valence-electron chi connectivity index (χ0n) is 20.9. The molecule has 0 atom stereocenters. The summed E-state index contributed by atoms with van der Waals surface area (Å²) in [6.07, 6.45) is 7.92. The van der Waals surface area contributed by atoms with Crippen molar-refractivity contribution in [1.82, 2.24) is 9.97 Å². The van der Waals surface area contributed by atoms with E-state index in [4.69, 9.17) is 16.6 Å². The van der Waals surface area contributed by atoms with Gasteiger partial charge < -0.3 is 10.4 Å². The van der Waals surface area contributed by atoms with Gasteiger partial charge in [-0.05, 0) is 55.7 Å². The van der Waals surface area contributed by atoms with Gasteiger partial charge in [0.25, 0.3) is 0 Å². The Bertz CT molecular complexity index is 1140. The third kappa shape index (κ3) is 9.02. The monoisotopic (exact) mass is 491 g/mol. The van der Waals surface area contributed by atoms with Crippen LogP contribution in [0.3, 0.4) is 0 Å². The van der Waals surface area contributed by atoms with Crippen molar-refractivity contribution in [2.75, 3.05) is 5.32 Å². The van der Waals surface area contributed by atoms with E-state index in [0.717, 1.165) is 23.2 Å². The molecule has 2 aromatic carbocycles. The van der Waals surface area contributed by atoms with Crippen LogP contribution < -0.4 is 5.32 Å². The first kappa shape index (κ1) is 27.8. The summed E-state index contributed by atoms with van der Waals surface area (Å²) in [6.45, 7) is 7.88. The van der Waals surface area contributed by atoms with Crippen molar-refractivity contribution >= 4 is 23.3 Å². The molecular formula is C29H34ClN3O2. The molecule has 0 aliphatic heterocycles. The number of hydrogen-bond acceptors (Lipinski definition) is 4. The number of benzene rings is 2. The third-order valence-corrected chi connectivity index (χ3v) is 5.25. The van der Waals surface area contributed by atoms with Gasteiger partial charge in [0, 0.05) is 23.4 Å². The number of phenolic OH excluding ortho intramolecular Hbond substituents is 1. The Morgan fingerprint density at radius 1 is 1.06 bits per heavy atom. The number of aromatic hydroxyl groups is 1. The molecule has 35 heavy (non-hydrogen) atoms. The normalized spacial score (nSPS) is 11.2. The Labute approximate surface area is 213 Å². The van der Waals surface area contributed by atoms with Gasteiger partial charge in [-0.1, -0.05) is 74.9 Å². The summed E-state index contributed by atoms with van der Waals surface area (Å²) in [5.74, 6) is 0.533. The highest BCUT2D eigenvalue weighted by atomic mass is 35.5. The maximum absolute atomic E-state index is 12.6. The van der Waals surface area contributed by atoms with E-state index >= 15 is 0 Å². The molecule has 3 aromatic rings. The van der Waals surface area contributed by atoms with Crippen molar-refractivity contribution < 1.29 is 9.90 Å². The van der Waals surface area contributed by atoms with E-state index < -0.39 is 0 Å². The van der Waals surface area contributed by atoms with Gasteiger partial charge in [0.1, 0.15) is 5.75 Å². The van der Waals surface area contributed by atoms with Gasteiger partial charge in [-0.3, -0.25) is 4.79 Å². The number of allylic oxidation sites excluding steroid dienone is 4. The second-order valence-corrected chi connectivity index (χ2v) is 8.09. The Hall–Kier alpha value is -3.44. The van der Waals surface area contributed by atoms with Crippen molar-refractivity contribution in [2.45, 2.75) is 53.4 Å². The topological polar surface area (TPSA) is 75.1 Å². The SMILES string of the molecule is CC.CC/C=C(Cl)\C=C/CCC(=O)Nc1nc(C)c(-c2ccc(O)cc2)nc1Cc1ccccc1. The molecule has 3 rings (SSSR count). The Balaban J connectivity index is 0.00000210. The Kier molecular flexibility index (Phi) is 11.7. The Morgan fingerprint density at radius 3 is 2.40 bits per heavy atom. The average Bonchev–Trinajstić information content (AvgIpc) is 2.86. The van der Waals surface area contributed by atoms with Crippen molar-refractivity contribution in [1.29, 1.82) is 0 Å². The number of hydrogen-bond donors (Lipinski definition) is 2.